The fourth-order valence-corrected chi connectivity index (χ4v) is 3.71. The van der Waals surface area contributed by atoms with E-state index >= 15 is 0 Å². The molecule has 1 N–H and O–H groups in total. The van der Waals surface area contributed by atoms with Crippen LogP contribution < -0.4 is 10.2 Å². The van der Waals surface area contributed by atoms with Gasteiger partial charge in [-0.25, -0.2) is 9.67 Å². The van der Waals surface area contributed by atoms with Gasteiger partial charge >= 0.3 is 0 Å². The van der Waals surface area contributed by atoms with Crippen molar-refractivity contribution in [3.05, 3.63) is 65.6 Å². The number of aromatic nitrogens is 3. The van der Waals surface area contributed by atoms with Crippen molar-refractivity contribution in [2.24, 2.45) is 5.92 Å². The average molecular weight is 396 g/mol. The molecule has 1 aliphatic rings. The van der Waals surface area contributed by atoms with Crippen LogP contribution in [0.3, 0.4) is 0 Å². The highest BCUT2D eigenvalue weighted by atomic mass is 35.5. The number of hydrogen-bond donors (Lipinski definition) is 1. The van der Waals surface area contributed by atoms with Crippen LogP contribution in [0.15, 0.2) is 55.0 Å². The van der Waals surface area contributed by atoms with Crippen LogP contribution in [-0.2, 0) is 4.79 Å². The number of nitrogens with zero attached hydrogens (tertiary/aromatic N) is 4. The lowest BCUT2D eigenvalue weighted by Gasteiger charge is -2.32. The molecular formula is C21H22ClN5O. The zero-order valence-corrected chi connectivity index (χ0v) is 16.4. The van der Waals surface area contributed by atoms with Gasteiger partial charge in [0.25, 0.3) is 0 Å². The number of piperidine rings is 1. The fraction of sp³-hybridized carbons (Fsp3) is 0.286. The molecule has 0 atom stereocenters. The Morgan fingerprint density at radius 3 is 2.68 bits per heavy atom. The van der Waals surface area contributed by atoms with Gasteiger partial charge in [-0.05, 0) is 55.7 Å². The second-order valence-electron chi connectivity index (χ2n) is 7.06. The maximum atomic E-state index is 12.7. The monoisotopic (exact) mass is 395 g/mol. The molecule has 28 heavy (non-hydrogen) atoms. The van der Waals surface area contributed by atoms with Crippen LogP contribution in [0.2, 0.25) is 5.02 Å². The van der Waals surface area contributed by atoms with Crippen molar-refractivity contribution < 1.29 is 4.79 Å². The number of carbonyl (C=O) groups excluding carboxylic acids is 1. The number of anilines is 2. The first kappa shape index (κ1) is 18.5. The molecule has 3 heterocycles. The third-order valence-electron chi connectivity index (χ3n) is 5.05. The normalized spacial score (nSPS) is 14.9. The van der Waals surface area contributed by atoms with E-state index in [9.17, 15) is 4.79 Å². The Balaban J connectivity index is 1.36. The molecule has 2 aromatic heterocycles. The lowest BCUT2D eigenvalue weighted by atomic mass is 9.95. The summed E-state index contributed by atoms with van der Waals surface area (Å²) in [7, 11) is 0. The van der Waals surface area contributed by atoms with Crippen LogP contribution in [0.5, 0.6) is 0 Å². The van der Waals surface area contributed by atoms with Crippen molar-refractivity contribution in [2.75, 3.05) is 23.3 Å². The summed E-state index contributed by atoms with van der Waals surface area (Å²) in [5.41, 5.74) is 2.63. The maximum absolute atomic E-state index is 12.7. The topological polar surface area (TPSA) is 63.1 Å². The van der Waals surface area contributed by atoms with E-state index in [0.29, 0.717) is 10.7 Å². The summed E-state index contributed by atoms with van der Waals surface area (Å²) in [6, 6.07) is 11.4. The van der Waals surface area contributed by atoms with Crippen LogP contribution in [0, 0.1) is 12.8 Å². The van der Waals surface area contributed by atoms with Crippen LogP contribution >= 0.6 is 11.6 Å². The van der Waals surface area contributed by atoms with E-state index < -0.39 is 0 Å². The quantitative estimate of drug-likeness (QED) is 0.722. The van der Waals surface area contributed by atoms with Gasteiger partial charge in [0.1, 0.15) is 5.82 Å². The van der Waals surface area contributed by atoms with Crippen molar-refractivity contribution in [1.29, 1.82) is 0 Å². The highest BCUT2D eigenvalue weighted by molar-refractivity contribution is 6.32. The SMILES string of the molecule is Cc1ccc(N2CCC(C(=O)Nc3ccc(-n4cccn4)c(Cl)c3)CC2)nc1. The maximum Gasteiger partial charge on any atom is 0.227 e. The smallest absolute Gasteiger partial charge is 0.227 e. The van der Waals surface area contributed by atoms with Crippen molar-refractivity contribution in [3.8, 4) is 5.69 Å². The third kappa shape index (κ3) is 4.02. The predicted molar refractivity (Wildman–Crippen MR) is 111 cm³/mol. The first-order chi connectivity index (χ1) is 13.6. The molecule has 6 nitrogen and oxygen atoms in total. The van der Waals surface area contributed by atoms with E-state index in [1.54, 1.807) is 16.9 Å². The molecule has 1 saturated heterocycles. The summed E-state index contributed by atoms with van der Waals surface area (Å²) < 4.78 is 1.70. The number of benzene rings is 1. The Morgan fingerprint density at radius 2 is 2.04 bits per heavy atom. The molecule has 3 aromatic rings. The van der Waals surface area contributed by atoms with Gasteiger partial charge in [0.15, 0.2) is 0 Å². The second kappa shape index (κ2) is 8.02. The standard InChI is InChI=1S/C21H22ClN5O/c1-15-3-6-20(23-14-15)26-11-7-16(8-12-26)21(28)25-17-4-5-19(18(22)13-17)27-10-2-9-24-27/h2-6,9-10,13-14,16H,7-8,11-12H2,1H3,(H,25,28). The second-order valence-corrected chi connectivity index (χ2v) is 7.47. The minimum Gasteiger partial charge on any atom is -0.357 e. The number of aryl methyl sites for hydroxylation is 1. The molecule has 7 heteroatoms. The van der Waals surface area contributed by atoms with Crippen LogP contribution in [0.25, 0.3) is 5.69 Å². The number of pyridine rings is 1. The zero-order chi connectivity index (χ0) is 19.5. The summed E-state index contributed by atoms with van der Waals surface area (Å²) in [5, 5.41) is 7.73. The Labute approximate surface area is 169 Å². The van der Waals surface area contributed by atoms with Crippen molar-refractivity contribution in [3.63, 3.8) is 0 Å². The van der Waals surface area contributed by atoms with Gasteiger partial charge in [-0.15, -0.1) is 0 Å². The lowest BCUT2D eigenvalue weighted by molar-refractivity contribution is -0.120. The first-order valence-electron chi connectivity index (χ1n) is 9.38. The van der Waals surface area contributed by atoms with Gasteiger partial charge < -0.3 is 10.2 Å². The molecule has 0 bridgehead atoms. The fourth-order valence-electron chi connectivity index (χ4n) is 3.44. The number of nitrogens with one attached hydrogen (secondary N) is 1. The summed E-state index contributed by atoms with van der Waals surface area (Å²) in [4.78, 5) is 19.4. The highest BCUT2D eigenvalue weighted by Crippen LogP contribution is 2.26. The van der Waals surface area contributed by atoms with Crippen LogP contribution in [-0.4, -0.2) is 33.8 Å². The number of amides is 1. The molecule has 0 aliphatic carbocycles. The molecule has 0 saturated carbocycles. The Kier molecular flexibility index (Phi) is 5.30. The molecule has 0 spiro atoms. The van der Waals surface area contributed by atoms with E-state index in [1.165, 1.54) is 0 Å². The van der Waals surface area contributed by atoms with Crippen molar-refractivity contribution >= 4 is 29.0 Å². The largest absolute Gasteiger partial charge is 0.357 e. The Morgan fingerprint density at radius 1 is 1.21 bits per heavy atom. The third-order valence-corrected chi connectivity index (χ3v) is 5.35. The Hall–Kier alpha value is -2.86. The number of carbonyl (C=O) groups is 1. The minimum absolute atomic E-state index is 0.00809. The molecule has 1 aromatic carbocycles. The molecule has 144 valence electrons. The average Bonchev–Trinajstić information content (AvgIpc) is 3.23. The van der Waals surface area contributed by atoms with Crippen molar-refractivity contribution in [1.82, 2.24) is 14.8 Å². The zero-order valence-electron chi connectivity index (χ0n) is 15.7. The van der Waals surface area contributed by atoms with Gasteiger partial charge in [-0.3, -0.25) is 4.79 Å². The molecule has 1 fully saturated rings. The van der Waals surface area contributed by atoms with Crippen LogP contribution in [0.1, 0.15) is 18.4 Å². The minimum atomic E-state index is -0.00809. The molecule has 0 radical (unpaired) electrons. The number of halogens is 1. The summed E-state index contributed by atoms with van der Waals surface area (Å²) in [5.74, 6) is 1.01. The lowest BCUT2D eigenvalue weighted by Crippen LogP contribution is -2.38. The first-order valence-corrected chi connectivity index (χ1v) is 9.76. The van der Waals surface area contributed by atoms with E-state index in [0.717, 1.165) is 43.0 Å². The van der Waals surface area contributed by atoms with E-state index in [1.807, 2.05) is 43.6 Å². The Bertz CT molecular complexity index is 947. The van der Waals surface area contributed by atoms with Gasteiger partial charge in [-0.1, -0.05) is 17.7 Å². The van der Waals surface area contributed by atoms with Gasteiger partial charge in [0.05, 0.1) is 10.7 Å². The number of rotatable bonds is 4. The molecule has 4 rings (SSSR count). The predicted octanol–water partition coefficient (Wildman–Crippen LogP) is 4.08. The van der Waals surface area contributed by atoms with E-state index in [-0.39, 0.29) is 11.8 Å². The summed E-state index contributed by atoms with van der Waals surface area (Å²) >= 11 is 6.36. The summed E-state index contributed by atoms with van der Waals surface area (Å²) in [6.45, 7) is 3.68. The highest BCUT2D eigenvalue weighted by Gasteiger charge is 2.25. The van der Waals surface area contributed by atoms with Crippen molar-refractivity contribution in [2.45, 2.75) is 19.8 Å². The molecule has 1 aliphatic heterocycles. The van der Waals surface area contributed by atoms with Crippen LogP contribution in [0.4, 0.5) is 11.5 Å². The molecular weight excluding hydrogens is 374 g/mol. The van der Waals surface area contributed by atoms with Gasteiger partial charge in [0.2, 0.25) is 5.91 Å². The molecule has 0 unspecified atom stereocenters. The van der Waals surface area contributed by atoms with E-state index in [4.69, 9.17) is 11.6 Å². The van der Waals surface area contributed by atoms with Gasteiger partial charge in [0, 0.05) is 43.3 Å². The van der Waals surface area contributed by atoms with Gasteiger partial charge in [-0.2, -0.15) is 5.10 Å². The summed E-state index contributed by atoms with van der Waals surface area (Å²) in [6.07, 6.45) is 7.02. The molecule has 1 amide bonds. The number of hydrogen-bond acceptors (Lipinski definition) is 4. The van der Waals surface area contributed by atoms with E-state index in [2.05, 4.69) is 26.4 Å².